The third-order valence-corrected chi connectivity index (χ3v) is 4.67. The Balaban J connectivity index is 0.00000147. The predicted octanol–water partition coefficient (Wildman–Crippen LogP) is 2.99. The van der Waals surface area contributed by atoms with Crippen molar-refractivity contribution in [1.29, 1.82) is 0 Å². The van der Waals surface area contributed by atoms with E-state index in [9.17, 15) is 0 Å². The third-order valence-electron chi connectivity index (χ3n) is 4.22. The Morgan fingerprint density at radius 3 is 2.80 bits per heavy atom. The van der Waals surface area contributed by atoms with Crippen LogP contribution in [0.4, 0.5) is 0 Å². The van der Waals surface area contributed by atoms with Gasteiger partial charge >= 0.3 is 0 Å². The van der Waals surface area contributed by atoms with Crippen molar-refractivity contribution >= 4 is 28.3 Å². The maximum absolute atomic E-state index is 5.81. The average Bonchev–Trinajstić information content (AvgIpc) is 2.88. The molecule has 2 aliphatic heterocycles. The molecular formula is C15H22BrClN2O. The molecule has 1 fully saturated rings. The first-order chi connectivity index (χ1) is 9.26. The molecule has 0 spiro atoms. The summed E-state index contributed by atoms with van der Waals surface area (Å²) in [6, 6.07) is 5.11. The number of hydrogen-bond donors (Lipinski definition) is 1. The van der Waals surface area contributed by atoms with Crippen molar-refractivity contribution in [3.63, 3.8) is 0 Å². The van der Waals surface area contributed by atoms with Crippen LogP contribution in [0, 0.1) is 0 Å². The summed E-state index contributed by atoms with van der Waals surface area (Å²) in [5.41, 5.74) is 2.69. The van der Waals surface area contributed by atoms with Gasteiger partial charge in [0.15, 0.2) is 0 Å². The van der Waals surface area contributed by atoms with Crippen molar-refractivity contribution in [1.82, 2.24) is 10.2 Å². The lowest BCUT2D eigenvalue weighted by atomic mass is 10.0. The molecule has 112 valence electrons. The van der Waals surface area contributed by atoms with Gasteiger partial charge in [-0.15, -0.1) is 12.4 Å². The number of fused-ring (bicyclic) bond motifs is 1. The van der Waals surface area contributed by atoms with E-state index in [4.69, 9.17) is 4.74 Å². The van der Waals surface area contributed by atoms with Crippen LogP contribution in [0.25, 0.3) is 0 Å². The van der Waals surface area contributed by atoms with Crippen LogP contribution in [0.3, 0.4) is 0 Å². The van der Waals surface area contributed by atoms with Crippen molar-refractivity contribution in [2.75, 3.05) is 26.7 Å². The van der Waals surface area contributed by atoms with E-state index >= 15 is 0 Å². The molecule has 1 aromatic carbocycles. The molecule has 1 saturated heterocycles. The number of ether oxygens (including phenoxy) is 1. The summed E-state index contributed by atoms with van der Waals surface area (Å²) in [4.78, 5) is 2.54. The highest BCUT2D eigenvalue weighted by molar-refractivity contribution is 9.10. The summed E-state index contributed by atoms with van der Waals surface area (Å²) < 4.78 is 6.99. The van der Waals surface area contributed by atoms with Crippen molar-refractivity contribution < 1.29 is 4.74 Å². The Kier molecular flexibility index (Phi) is 5.73. The Labute approximate surface area is 135 Å². The second-order valence-corrected chi connectivity index (χ2v) is 6.41. The van der Waals surface area contributed by atoms with Gasteiger partial charge in [0, 0.05) is 29.0 Å². The summed E-state index contributed by atoms with van der Waals surface area (Å²) in [7, 11) is 2.06. The third kappa shape index (κ3) is 3.48. The van der Waals surface area contributed by atoms with E-state index in [1.165, 1.54) is 41.5 Å². The molecule has 3 nitrogen and oxygen atoms in total. The molecule has 2 heterocycles. The molecule has 2 aliphatic rings. The molecule has 0 amide bonds. The zero-order valence-corrected chi connectivity index (χ0v) is 14.2. The van der Waals surface area contributed by atoms with Gasteiger partial charge in [-0.3, -0.25) is 4.90 Å². The zero-order chi connectivity index (χ0) is 13.2. The van der Waals surface area contributed by atoms with Crippen LogP contribution in [0.2, 0.25) is 0 Å². The van der Waals surface area contributed by atoms with E-state index in [1.54, 1.807) is 0 Å². The summed E-state index contributed by atoms with van der Waals surface area (Å²) >= 11 is 3.62. The van der Waals surface area contributed by atoms with Crippen LogP contribution in [0.15, 0.2) is 16.6 Å². The van der Waals surface area contributed by atoms with Gasteiger partial charge in [0.05, 0.1) is 6.61 Å². The van der Waals surface area contributed by atoms with Gasteiger partial charge in [-0.25, -0.2) is 0 Å². The van der Waals surface area contributed by atoms with Gasteiger partial charge in [-0.1, -0.05) is 15.9 Å². The van der Waals surface area contributed by atoms with Crippen LogP contribution in [0.5, 0.6) is 5.75 Å². The fraction of sp³-hybridized carbons (Fsp3) is 0.600. The van der Waals surface area contributed by atoms with E-state index in [0.717, 1.165) is 25.3 Å². The summed E-state index contributed by atoms with van der Waals surface area (Å²) in [6.07, 6.45) is 3.53. The smallest absolute Gasteiger partial charge is 0.127 e. The summed E-state index contributed by atoms with van der Waals surface area (Å²) in [6.45, 7) is 4.19. The van der Waals surface area contributed by atoms with Crippen LogP contribution in [-0.4, -0.2) is 37.7 Å². The monoisotopic (exact) mass is 360 g/mol. The van der Waals surface area contributed by atoms with Gasteiger partial charge in [0.2, 0.25) is 0 Å². The van der Waals surface area contributed by atoms with Gasteiger partial charge in [-0.05, 0) is 50.7 Å². The lowest BCUT2D eigenvalue weighted by Gasteiger charge is -2.32. The maximum Gasteiger partial charge on any atom is 0.127 e. The molecule has 0 radical (unpaired) electrons. The highest BCUT2D eigenvalue weighted by atomic mass is 79.9. The number of nitrogens with zero attached hydrogens (tertiary/aromatic N) is 1. The number of nitrogens with one attached hydrogen (secondary N) is 1. The van der Waals surface area contributed by atoms with Gasteiger partial charge in [0.1, 0.15) is 5.75 Å². The molecule has 1 aromatic rings. The van der Waals surface area contributed by atoms with Gasteiger partial charge in [0.25, 0.3) is 0 Å². The number of hydrogen-bond acceptors (Lipinski definition) is 3. The Hall–Kier alpha value is -0.290. The van der Waals surface area contributed by atoms with E-state index in [-0.39, 0.29) is 12.4 Å². The molecule has 0 aliphatic carbocycles. The SMILES string of the molecule is CNC1CCN(Cc2cc(Br)cc3c2OCC3)CC1.Cl. The quantitative estimate of drug-likeness (QED) is 0.896. The standard InChI is InChI=1S/C15H21BrN2O.ClH/c1-17-14-2-5-18(6-3-14)10-12-9-13(16)8-11-4-7-19-15(11)12;/h8-9,14,17H,2-7,10H2,1H3;1H. The number of piperidine rings is 1. The Morgan fingerprint density at radius 2 is 2.10 bits per heavy atom. The number of rotatable bonds is 3. The minimum Gasteiger partial charge on any atom is -0.493 e. The second-order valence-electron chi connectivity index (χ2n) is 5.49. The van der Waals surface area contributed by atoms with E-state index in [1.807, 2.05) is 0 Å². The maximum atomic E-state index is 5.81. The van der Waals surface area contributed by atoms with E-state index < -0.39 is 0 Å². The lowest BCUT2D eigenvalue weighted by Crippen LogP contribution is -2.40. The lowest BCUT2D eigenvalue weighted by molar-refractivity contribution is 0.192. The van der Waals surface area contributed by atoms with Crippen LogP contribution < -0.4 is 10.1 Å². The number of halogens is 2. The average molecular weight is 362 g/mol. The minimum absolute atomic E-state index is 0. The summed E-state index contributed by atoms with van der Waals surface area (Å²) in [5.74, 6) is 1.14. The first kappa shape index (κ1) is 16.1. The molecule has 0 unspecified atom stereocenters. The first-order valence-electron chi connectivity index (χ1n) is 7.10. The van der Waals surface area contributed by atoms with Crippen LogP contribution in [-0.2, 0) is 13.0 Å². The molecule has 5 heteroatoms. The molecule has 1 N–H and O–H groups in total. The fourth-order valence-corrected chi connectivity index (χ4v) is 3.64. The highest BCUT2D eigenvalue weighted by Crippen LogP contribution is 2.34. The van der Waals surface area contributed by atoms with Crippen molar-refractivity contribution in [2.24, 2.45) is 0 Å². The highest BCUT2D eigenvalue weighted by Gasteiger charge is 2.22. The number of likely N-dealkylation sites (tertiary alicyclic amines) is 1. The molecule has 0 aromatic heterocycles. The second kappa shape index (κ2) is 7.12. The van der Waals surface area contributed by atoms with Crippen molar-refractivity contribution in [3.8, 4) is 5.75 Å². The topological polar surface area (TPSA) is 24.5 Å². The predicted molar refractivity (Wildman–Crippen MR) is 87.9 cm³/mol. The molecular weight excluding hydrogens is 340 g/mol. The van der Waals surface area contributed by atoms with E-state index in [2.05, 4.69) is 45.3 Å². The molecule has 0 saturated carbocycles. The molecule has 3 rings (SSSR count). The van der Waals surface area contributed by atoms with Crippen LogP contribution >= 0.6 is 28.3 Å². The van der Waals surface area contributed by atoms with Gasteiger partial charge in [-0.2, -0.15) is 0 Å². The largest absolute Gasteiger partial charge is 0.493 e. The molecule has 20 heavy (non-hydrogen) atoms. The Morgan fingerprint density at radius 1 is 1.35 bits per heavy atom. The van der Waals surface area contributed by atoms with Crippen LogP contribution in [0.1, 0.15) is 24.0 Å². The normalized spacial score (nSPS) is 19.3. The number of benzene rings is 1. The van der Waals surface area contributed by atoms with Crippen molar-refractivity contribution in [3.05, 3.63) is 27.7 Å². The molecule has 0 atom stereocenters. The van der Waals surface area contributed by atoms with Gasteiger partial charge < -0.3 is 10.1 Å². The Bertz CT molecular complexity index is 461. The fourth-order valence-electron chi connectivity index (χ4n) is 3.08. The zero-order valence-electron chi connectivity index (χ0n) is 11.8. The summed E-state index contributed by atoms with van der Waals surface area (Å²) in [5, 5.41) is 3.38. The minimum atomic E-state index is 0. The van der Waals surface area contributed by atoms with E-state index in [0.29, 0.717) is 6.04 Å². The molecule has 0 bridgehead atoms. The first-order valence-corrected chi connectivity index (χ1v) is 7.89. The van der Waals surface area contributed by atoms with Crippen molar-refractivity contribution in [2.45, 2.75) is 31.8 Å².